The Kier molecular flexibility index (Phi) is 6.30. The topological polar surface area (TPSA) is 32.8 Å². The van der Waals surface area contributed by atoms with Crippen LogP contribution in [0.15, 0.2) is 0 Å². The van der Waals surface area contributed by atoms with Crippen molar-refractivity contribution in [2.75, 3.05) is 32.8 Å². The van der Waals surface area contributed by atoms with Gasteiger partial charge in [0.05, 0.1) is 6.61 Å². The van der Waals surface area contributed by atoms with Crippen molar-refractivity contribution in [1.82, 2.24) is 9.80 Å². The first-order chi connectivity index (χ1) is 9.74. The lowest BCUT2D eigenvalue weighted by Crippen LogP contribution is -2.57. The fraction of sp³-hybridized carbons (Fsp3) is 0.938. The fourth-order valence-corrected chi connectivity index (χ4v) is 3.60. The molecule has 0 aromatic rings. The summed E-state index contributed by atoms with van der Waals surface area (Å²) in [6.45, 7) is 8.94. The SMILES string of the molecule is CCOC(=O)[C@@H]([C@H](C)N1CCCCC1)N1CCCCC1. The Labute approximate surface area is 123 Å². The van der Waals surface area contributed by atoms with Crippen molar-refractivity contribution >= 4 is 5.97 Å². The van der Waals surface area contributed by atoms with Crippen LogP contribution in [0.25, 0.3) is 0 Å². The summed E-state index contributed by atoms with van der Waals surface area (Å²) < 4.78 is 5.36. The molecule has 2 saturated heterocycles. The predicted molar refractivity (Wildman–Crippen MR) is 80.7 cm³/mol. The average molecular weight is 282 g/mol. The molecule has 0 spiro atoms. The number of likely N-dealkylation sites (tertiary alicyclic amines) is 2. The number of esters is 1. The van der Waals surface area contributed by atoms with Gasteiger partial charge in [-0.1, -0.05) is 12.8 Å². The molecule has 2 fully saturated rings. The van der Waals surface area contributed by atoms with Gasteiger partial charge in [0, 0.05) is 6.04 Å². The largest absolute Gasteiger partial charge is 0.465 e. The molecule has 0 aliphatic carbocycles. The van der Waals surface area contributed by atoms with Crippen LogP contribution >= 0.6 is 0 Å². The van der Waals surface area contributed by atoms with Crippen molar-refractivity contribution in [1.29, 1.82) is 0 Å². The first kappa shape index (κ1) is 15.8. The molecule has 0 N–H and O–H groups in total. The van der Waals surface area contributed by atoms with Gasteiger partial charge < -0.3 is 4.74 Å². The van der Waals surface area contributed by atoms with E-state index in [2.05, 4.69) is 16.7 Å². The first-order valence-corrected chi connectivity index (χ1v) is 8.38. The summed E-state index contributed by atoms with van der Waals surface area (Å²) in [5, 5.41) is 0. The van der Waals surface area contributed by atoms with Crippen LogP contribution in [0.5, 0.6) is 0 Å². The quantitative estimate of drug-likeness (QED) is 0.724. The lowest BCUT2D eigenvalue weighted by molar-refractivity contribution is -0.153. The van der Waals surface area contributed by atoms with E-state index in [1.54, 1.807) is 0 Å². The summed E-state index contributed by atoms with van der Waals surface area (Å²) in [7, 11) is 0. The second-order valence-corrected chi connectivity index (χ2v) is 6.13. The van der Waals surface area contributed by atoms with E-state index >= 15 is 0 Å². The first-order valence-electron chi connectivity index (χ1n) is 8.38. The highest BCUT2D eigenvalue weighted by Gasteiger charge is 2.36. The molecule has 2 atom stereocenters. The third kappa shape index (κ3) is 3.95. The maximum absolute atomic E-state index is 12.4. The van der Waals surface area contributed by atoms with Crippen molar-refractivity contribution in [2.45, 2.75) is 64.5 Å². The molecule has 2 aliphatic rings. The van der Waals surface area contributed by atoms with E-state index in [1.165, 1.54) is 38.5 Å². The van der Waals surface area contributed by atoms with Gasteiger partial charge in [0.25, 0.3) is 0 Å². The Bertz CT molecular complexity index is 297. The van der Waals surface area contributed by atoms with Crippen LogP contribution in [0, 0.1) is 0 Å². The smallest absolute Gasteiger partial charge is 0.324 e. The molecule has 0 saturated carbocycles. The summed E-state index contributed by atoms with van der Waals surface area (Å²) >= 11 is 0. The molecule has 0 bridgehead atoms. The van der Waals surface area contributed by atoms with Crippen LogP contribution in [0.4, 0.5) is 0 Å². The molecular weight excluding hydrogens is 252 g/mol. The third-order valence-corrected chi connectivity index (χ3v) is 4.74. The standard InChI is InChI=1S/C16H30N2O2/c1-3-20-16(19)15(18-12-8-5-9-13-18)14(2)17-10-6-4-7-11-17/h14-15H,3-13H2,1-2H3/t14-,15+/m0/s1. The second kappa shape index (κ2) is 7.99. The van der Waals surface area contributed by atoms with E-state index in [0.717, 1.165) is 26.2 Å². The number of hydrogen-bond acceptors (Lipinski definition) is 4. The van der Waals surface area contributed by atoms with Gasteiger partial charge in [0.1, 0.15) is 6.04 Å². The summed E-state index contributed by atoms with van der Waals surface area (Å²) in [5.41, 5.74) is 0. The molecule has 4 heteroatoms. The van der Waals surface area contributed by atoms with Crippen LogP contribution in [0.1, 0.15) is 52.4 Å². The van der Waals surface area contributed by atoms with Crippen molar-refractivity contribution in [3.63, 3.8) is 0 Å². The van der Waals surface area contributed by atoms with Gasteiger partial charge in [-0.2, -0.15) is 0 Å². The molecule has 116 valence electrons. The van der Waals surface area contributed by atoms with E-state index in [0.29, 0.717) is 6.61 Å². The zero-order valence-corrected chi connectivity index (χ0v) is 13.1. The van der Waals surface area contributed by atoms with Crippen molar-refractivity contribution in [3.05, 3.63) is 0 Å². The van der Waals surface area contributed by atoms with Crippen LogP contribution in [0.2, 0.25) is 0 Å². The lowest BCUT2D eigenvalue weighted by Gasteiger charge is -2.42. The molecule has 0 unspecified atom stereocenters. The van der Waals surface area contributed by atoms with Gasteiger partial charge in [0.2, 0.25) is 0 Å². The highest BCUT2D eigenvalue weighted by atomic mass is 16.5. The minimum atomic E-state index is -0.0756. The van der Waals surface area contributed by atoms with E-state index < -0.39 is 0 Å². The Hall–Kier alpha value is -0.610. The molecule has 0 aromatic carbocycles. The molecule has 4 nitrogen and oxygen atoms in total. The highest BCUT2D eigenvalue weighted by molar-refractivity contribution is 5.76. The lowest BCUT2D eigenvalue weighted by atomic mass is 10.00. The van der Waals surface area contributed by atoms with Gasteiger partial charge in [0.15, 0.2) is 0 Å². The number of carbonyl (C=O) groups excluding carboxylic acids is 1. The minimum Gasteiger partial charge on any atom is -0.465 e. The van der Waals surface area contributed by atoms with Gasteiger partial charge in [-0.3, -0.25) is 14.6 Å². The second-order valence-electron chi connectivity index (χ2n) is 6.13. The minimum absolute atomic E-state index is 0.0209. The molecule has 2 heterocycles. The average Bonchev–Trinajstić information content (AvgIpc) is 2.50. The molecule has 0 amide bonds. The van der Waals surface area contributed by atoms with E-state index in [9.17, 15) is 4.79 Å². The van der Waals surface area contributed by atoms with Gasteiger partial charge >= 0.3 is 5.97 Å². The van der Waals surface area contributed by atoms with Gasteiger partial charge in [-0.05, 0) is 65.7 Å². The molecule has 0 aromatic heterocycles. The summed E-state index contributed by atoms with van der Waals surface area (Å²) in [4.78, 5) is 17.3. The predicted octanol–water partition coefficient (Wildman–Crippen LogP) is 2.28. The Morgan fingerprint density at radius 2 is 1.45 bits per heavy atom. The third-order valence-electron chi connectivity index (χ3n) is 4.74. The maximum atomic E-state index is 12.4. The Morgan fingerprint density at radius 3 is 1.95 bits per heavy atom. The number of piperidine rings is 2. The Morgan fingerprint density at radius 1 is 0.950 bits per heavy atom. The highest BCUT2D eigenvalue weighted by Crippen LogP contribution is 2.21. The normalized spacial score (nSPS) is 25.1. The summed E-state index contributed by atoms with van der Waals surface area (Å²) in [6.07, 6.45) is 7.58. The van der Waals surface area contributed by atoms with Crippen molar-refractivity contribution < 1.29 is 9.53 Å². The molecule has 0 radical (unpaired) electrons. The van der Waals surface area contributed by atoms with Gasteiger partial charge in [-0.25, -0.2) is 0 Å². The van der Waals surface area contributed by atoms with E-state index in [4.69, 9.17) is 4.74 Å². The van der Waals surface area contributed by atoms with Crippen molar-refractivity contribution in [2.24, 2.45) is 0 Å². The van der Waals surface area contributed by atoms with Crippen LogP contribution in [-0.4, -0.2) is 60.6 Å². The zero-order valence-electron chi connectivity index (χ0n) is 13.1. The Balaban J connectivity index is 2.04. The molecule has 2 aliphatic heterocycles. The van der Waals surface area contributed by atoms with E-state index in [1.807, 2.05) is 6.92 Å². The fourth-order valence-electron chi connectivity index (χ4n) is 3.60. The number of nitrogens with zero attached hydrogens (tertiary/aromatic N) is 2. The van der Waals surface area contributed by atoms with Gasteiger partial charge in [-0.15, -0.1) is 0 Å². The monoisotopic (exact) mass is 282 g/mol. The molecule has 20 heavy (non-hydrogen) atoms. The van der Waals surface area contributed by atoms with E-state index in [-0.39, 0.29) is 18.1 Å². The van der Waals surface area contributed by atoms with Crippen LogP contribution in [-0.2, 0) is 9.53 Å². The zero-order chi connectivity index (χ0) is 14.4. The maximum Gasteiger partial charge on any atom is 0.324 e. The van der Waals surface area contributed by atoms with Crippen LogP contribution in [0.3, 0.4) is 0 Å². The summed E-state index contributed by atoms with van der Waals surface area (Å²) in [6, 6.07) is 0.195. The molecular formula is C16H30N2O2. The number of ether oxygens (including phenoxy) is 1. The van der Waals surface area contributed by atoms with Crippen LogP contribution < -0.4 is 0 Å². The number of hydrogen-bond donors (Lipinski definition) is 0. The number of rotatable bonds is 5. The van der Waals surface area contributed by atoms with Crippen molar-refractivity contribution in [3.8, 4) is 0 Å². The molecule has 2 rings (SSSR count). The number of carbonyl (C=O) groups is 1. The summed E-state index contributed by atoms with van der Waals surface area (Å²) in [5.74, 6) is -0.0209.